The first-order valence-electron chi connectivity index (χ1n) is 5.38. The summed E-state index contributed by atoms with van der Waals surface area (Å²) >= 11 is 7.51. The summed E-state index contributed by atoms with van der Waals surface area (Å²) in [6, 6.07) is -0.315. The van der Waals surface area contributed by atoms with E-state index in [-0.39, 0.29) is 6.04 Å². The summed E-state index contributed by atoms with van der Waals surface area (Å²) in [5, 5.41) is 3.50. The molecule has 0 aromatic carbocycles. The smallest absolute Gasteiger partial charge is 0.133 e. The van der Waals surface area contributed by atoms with E-state index in [1.807, 2.05) is 12.4 Å². The lowest BCUT2D eigenvalue weighted by molar-refractivity contribution is 0.705. The second kappa shape index (κ2) is 4.76. The van der Waals surface area contributed by atoms with Gasteiger partial charge in [-0.15, -0.1) is 11.3 Å². The SMILES string of the molecule is CC(C)c1csc(C(N)c2ncc(Cl)n2C)n1. The van der Waals surface area contributed by atoms with E-state index < -0.39 is 0 Å². The van der Waals surface area contributed by atoms with Gasteiger partial charge in [0.2, 0.25) is 0 Å². The van der Waals surface area contributed by atoms with Crippen LogP contribution in [0.15, 0.2) is 11.6 Å². The molecule has 0 saturated carbocycles. The van der Waals surface area contributed by atoms with Crippen LogP contribution in [-0.2, 0) is 7.05 Å². The molecular formula is C11H15ClN4S. The number of imidazole rings is 1. The highest BCUT2D eigenvalue weighted by Crippen LogP contribution is 2.26. The van der Waals surface area contributed by atoms with Gasteiger partial charge in [0.1, 0.15) is 22.0 Å². The summed E-state index contributed by atoms with van der Waals surface area (Å²) in [6.45, 7) is 4.23. The third-order valence-electron chi connectivity index (χ3n) is 2.64. The molecule has 4 nitrogen and oxygen atoms in total. The first-order chi connectivity index (χ1) is 8.00. The predicted octanol–water partition coefficient (Wildman–Crippen LogP) is 2.70. The third kappa shape index (κ3) is 2.36. The molecule has 2 aromatic rings. The van der Waals surface area contributed by atoms with Crippen molar-refractivity contribution in [2.45, 2.75) is 25.8 Å². The molecule has 2 heterocycles. The van der Waals surface area contributed by atoms with Gasteiger partial charge in [0.15, 0.2) is 0 Å². The normalized spacial score (nSPS) is 13.3. The molecule has 0 aliphatic rings. The average Bonchev–Trinajstić information content (AvgIpc) is 2.87. The van der Waals surface area contributed by atoms with E-state index in [0.29, 0.717) is 11.1 Å². The van der Waals surface area contributed by atoms with E-state index in [2.05, 4.69) is 23.8 Å². The van der Waals surface area contributed by atoms with Crippen molar-refractivity contribution in [2.75, 3.05) is 0 Å². The van der Waals surface area contributed by atoms with Crippen LogP contribution in [0, 0.1) is 0 Å². The molecule has 92 valence electrons. The Morgan fingerprint density at radius 1 is 1.47 bits per heavy atom. The van der Waals surface area contributed by atoms with Crippen molar-refractivity contribution in [3.05, 3.63) is 33.3 Å². The van der Waals surface area contributed by atoms with Gasteiger partial charge in [-0.3, -0.25) is 0 Å². The van der Waals surface area contributed by atoms with Gasteiger partial charge in [0, 0.05) is 12.4 Å². The lowest BCUT2D eigenvalue weighted by atomic mass is 10.2. The molecule has 0 aliphatic heterocycles. The minimum atomic E-state index is -0.315. The lowest BCUT2D eigenvalue weighted by Crippen LogP contribution is -2.16. The van der Waals surface area contributed by atoms with Crippen molar-refractivity contribution in [1.29, 1.82) is 0 Å². The molecule has 1 atom stereocenters. The fourth-order valence-corrected chi connectivity index (χ4v) is 2.62. The highest BCUT2D eigenvalue weighted by molar-refractivity contribution is 7.09. The lowest BCUT2D eigenvalue weighted by Gasteiger charge is -2.08. The van der Waals surface area contributed by atoms with Gasteiger partial charge in [-0.1, -0.05) is 25.4 Å². The first-order valence-corrected chi connectivity index (χ1v) is 6.64. The predicted molar refractivity (Wildman–Crippen MR) is 70.5 cm³/mol. The first kappa shape index (κ1) is 12.5. The minimum Gasteiger partial charge on any atom is -0.321 e. The second-order valence-electron chi connectivity index (χ2n) is 4.24. The molecule has 2 aromatic heterocycles. The Balaban J connectivity index is 2.30. The van der Waals surface area contributed by atoms with Crippen LogP contribution in [0.3, 0.4) is 0 Å². The van der Waals surface area contributed by atoms with Crippen LogP contribution in [0.2, 0.25) is 5.15 Å². The molecule has 0 aliphatic carbocycles. The van der Waals surface area contributed by atoms with Gasteiger partial charge in [-0.25, -0.2) is 9.97 Å². The molecular weight excluding hydrogens is 256 g/mol. The molecule has 2 rings (SSSR count). The highest BCUT2D eigenvalue weighted by atomic mass is 35.5. The number of aromatic nitrogens is 3. The third-order valence-corrected chi connectivity index (χ3v) is 3.94. The van der Waals surface area contributed by atoms with E-state index in [0.717, 1.165) is 16.5 Å². The van der Waals surface area contributed by atoms with Gasteiger partial charge in [0.25, 0.3) is 0 Å². The zero-order valence-electron chi connectivity index (χ0n) is 10.0. The van der Waals surface area contributed by atoms with Crippen molar-refractivity contribution in [3.8, 4) is 0 Å². The molecule has 1 unspecified atom stereocenters. The Kier molecular flexibility index (Phi) is 3.51. The molecule has 2 N–H and O–H groups in total. The van der Waals surface area contributed by atoms with Gasteiger partial charge in [-0.2, -0.15) is 0 Å². The fraction of sp³-hybridized carbons (Fsp3) is 0.455. The number of halogens is 1. The number of rotatable bonds is 3. The zero-order chi connectivity index (χ0) is 12.6. The Labute approximate surface area is 109 Å². The van der Waals surface area contributed by atoms with Gasteiger partial charge in [0.05, 0.1) is 11.9 Å². The van der Waals surface area contributed by atoms with Crippen LogP contribution in [0.4, 0.5) is 0 Å². The van der Waals surface area contributed by atoms with Crippen molar-refractivity contribution in [1.82, 2.24) is 14.5 Å². The van der Waals surface area contributed by atoms with Crippen LogP contribution in [0.1, 0.15) is 42.3 Å². The van der Waals surface area contributed by atoms with Crippen molar-refractivity contribution >= 4 is 22.9 Å². The van der Waals surface area contributed by atoms with E-state index in [1.165, 1.54) is 0 Å². The maximum atomic E-state index is 6.15. The van der Waals surface area contributed by atoms with Crippen molar-refractivity contribution in [3.63, 3.8) is 0 Å². The summed E-state index contributed by atoms with van der Waals surface area (Å²) in [5.41, 5.74) is 7.22. The maximum Gasteiger partial charge on any atom is 0.133 e. The number of hydrogen-bond donors (Lipinski definition) is 1. The van der Waals surface area contributed by atoms with E-state index >= 15 is 0 Å². The van der Waals surface area contributed by atoms with Crippen molar-refractivity contribution in [2.24, 2.45) is 12.8 Å². The minimum absolute atomic E-state index is 0.315. The number of nitrogens with zero attached hydrogens (tertiary/aromatic N) is 3. The molecule has 6 heteroatoms. The quantitative estimate of drug-likeness (QED) is 0.933. The number of hydrogen-bond acceptors (Lipinski definition) is 4. The van der Waals surface area contributed by atoms with Gasteiger partial charge >= 0.3 is 0 Å². The largest absolute Gasteiger partial charge is 0.321 e. The zero-order valence-corrected chi connectivity index (χ0v) is 11.6. The number of nitrogens with two attached hydrogens (primary N) is 1. The van der Waals surface area contributed by atoms with Crippen LogP contribution >= 0.6 is 22.9 Å². The standard InChI is InChI=1S/C11H15ClN4S/c1-6(2)7-5-17-11(15-7)9(13)10-14-4-8(12)16(10)3/h4-6,9H,13H2,1-3H3. The highest BCUT2D eigenvalue weighted by Gasteiger charge is 2.19. The molecule has 0 saturated heterocycles. The summed E-state index contributed by atoms with van der Waals surface area (Å²) in [5.74, 6) is 1.15. The topological polar surface area (TPSA) is 56.7 Å². The summed E-state index contributed by atoms with van der Waals surface area (Å²) in [6.07, 6.45) is 1.60. The van der Waals surface area contributed by atoms with Crippen LogP contribution in [0.5, 0.6) is 0 Å². The molecule has 0 bridgehead atoms. The monoisotopic (exact) mass is 270 g/mol. The Morgan fingerprint density at radius 2 is 2.18 bits per heavy atom. The van der Waals surface area contributed by atoms with Gasteiger partial charge in [-0.05, 0) is 5.92 Å². The van der Waals surface area contributed by atoms with Gasteiger partial charge < -0.3 is 10.3 Å². The molecule has 0 radical (unpaired) electrons. The summed E-state index contributed by atoms with van der Waals surface area (Å²) < 4.78 is 1.78. The molecule has 0 amide bonds. The van der Waals surface area contributed by atoms with E-state index in [1.54, 1.807) is 22.1 Å². The van der Waals surface area contributed by atoms with E-state index in [4.69, 9.17) is 17.3 Å². The van der Waals surface area contributed by atoms with Crippen LogP contribution < -0.4 is 5.73 Å². The molecule has 0 spiro atoms. The fourth-order valence-electron chi connectivity index (χ4n) is 1.51. The second-order valence-corrected chi connectivity index (χ2v) is 5.52. The summed E-state index contributed by atoms with van der Waals surface area (Å²) in [4.78, 5) is 8.75. The Morgan fingerprint density at radius 3 is 2.65 bits per heavy atom. The van der Waals surface area contributed by atoms with Crippen LogP contribution in [0.25, 0.3) is 0 Å². The number of thiazole rings is 1. The average molecular weight is 271 g/mol. The Bertz CT molecular complexity index is 517. The maximum absolute atomic E-state index is 6.15. The molecule has 0 fully saturated rings. The molecule has 17 heavy (non-hydrogen) atoms. The van der Waals surface area contributed by atoms with E-state index in [9.17, 15) is 0 Å². The Hall–Kier alpha value is -0.910. The van der Waals surface area contributed by atoms with Crippen LogP contribution in [-0.4, -0.2) is 14.5 Å². The van der Waals surface area contributed by atoms with Crippen molar-refractivity contribution < 1.29 is 0 Å². The summed E-state index contributed by atoms with van der Waals surface area (Å²) in [7, 11) is 1.85.